The van der Waals surface area contributed by atoms with E-state index in [1.54, 1.807) is 49.3 Å². The van der Waals surface area contributed by atoms with Crippen LogP contribution in [0.5, 0.6) is 0 Å². The largest absolute Gasteiger partial charge is 0.337 e. The summed E-state index contributed by atoms with van der Waals surface area (Å²) in [6.45, 7) is 3.99. The monoisotopic (exact) mass is 352 g/mol. The first-order valence-corrected chi connectivity index (χ1v) is 9.61. The Labute approximate surface area is 141 Å². The average Bonchev–Trinajstić information content (AvgIpc) is 2.98. The third-order valence-electron chi connectivity index (χ3n) is 3.13. The van der Waals surface area contributed by atoms with Crippen LogP contribution in [0.2, 0.25) is 0 Å². The Hall–Kier alpha value is -1.70. The minimum absolute atomic E-state index is 0.0981. The van der Waals surface area contributed by atoms with E-state index in [1.807, 2.05) is 16.8 Å². The van der Waals surface area contributed by atoms with Gasteiger partial charge in [-0.3, -0.25) is 4.79 Å². The number of rotatable bonds is 6. The average molecular weight is 352 g/mol. The molecule has 0 radical (unpaired) electrons. The molecule has 0 atom stereocenters. The van der Waals surface area contributed by atoms with Crippen molar-refractivity contribution < 1.29 is 13.2 Å². The van der Waals surface area contributed by atoms with E-state index >= 15 is 0 Å². The zero-order chi connectivity index (χ0) is 17.0. The molecule has 7 heteroatoms. The maximum Gasteiger partial charge on any atom is 0.253 e. The van der Waals surface area contributed by atoms with Gasteiger partial charge in [0.15, 0.2) is 0 Å². The predicted octanol–water partition coefficient (Wildman–Crippen LogP) is 2.71. The summed E-state index contributed by atoms with van der Waals surface area (Å²) in [5.41, 5.74) is 1.41. The molecule has 2 aromatic rings. The molecule has 2 rings (SSSR count). The summed E-state index contributed by atoms with van der Waals surface area (Å²) in [4.78, 5) is 14.2. The molecule has 0 fully saturated rings. The Morgan fingerprint density at radius 2 is 2.04 bits per heavy atom. The van der Waals surface area contributed by atoms with E-state index in [2.05, 4.69) is 4.72 Å². The molecule has 5 nitrogen and oxygen atoms in total. The molecule has 1 heterocycles. The van der Waals surface area contributed by atoms with Crippen molar-refractivity contribution in [2.75, 3.05) is 7.05 Å². The number of nitrogens with one attached hydrogen (secondary N) is 1. The molecule has 0 saturated carbocycles. The van der Waals surface area contributed by atoms with Gasteiger partial charge in [0.05, 0.1) is 4.90 Å². The number of thiophene rings is 1. The summed E-state index contributed by atoms with van der Waals surface area (Å²) in [6.07, 6.45) is 0. The molecule has 23 heavy (non-hydrogen) atoms. The van der Waals surface area contributed by atoms with Crippen molar-refractivity contribution in [1.82, 2.24) is 9.62 Å². The van der Waals surface area contributed by atoms with Gasteiger partial charge >= 0.3 is 0 Å². The van der Waals surface area contributed by atoms with Gasteiger partial charge in [-0.25, -0.2) is 13.1 Å². The van der Waals surface area contributed by atoms with Gasteiger partial charge in [-0.2, -0.15) is 11.3 Å². The Balaban J connectivity index is 2.20. The van der Waals surface area contributed by atoms with E-state index in [1.165, 1.54) is 12.1 Å². The molecule has 0 aliphatic carbocycles. The number of nitrogens with zero attached hydrogens (tertiary/aromatic N) is 1. The van der Waals surface area contributed by atoms with Crippen LogP contribution < -0.4 is 4.72 Å². The standard InChI is InChI=1S/C16H20N2O3S2/c1-12(2)17-23(20,21)15-6-4-5-14(9-15)16(19)18(3)10-13-7-8-22-11-13/h4-9,11-12,17H,10H2,1-3H3. The van der Waals surface area contributed by atoms with E-state index in [4.69, 9.17) is 0 Å². The van der Waals surface area contributed by atoms with E-state index in [9.17, 15) is 13.2 Å². The van der Waals surface area contributed by atoms with Crippen LogP contribution in [0, 0.1) is 0 Å². The molecule has 0 spiro atoms. The SMILES string of the molecule is CC(C)NS(=O)(=O)c1cccc(C(=O)N(C)Cc2ccsc2)c1. The second kappa shape index (κ2) is 7.25. The maximum absolute atomic E-state index is 12.5. The van der Waals surface area contributed by atoms with Gasteiger partial charge in [0.1, 0.15) is 0 Å². The van der Waals surface area contributed by atoms with Crippen LogP contribution in [0.1, 0.15) is 29.8 Å². The fourth-order valence-electron chi connectivity index (χ4n) is 2.12. The van der Waals surface area contributed by atoms with Crippen LogP contribution in [-0.2, 0) is 16.6 Å². The van der Waals surface area contributed by atoms with Gasteiger partial charge in [-0.15, -0.1) is 0 Å². The lowest BCUT2D eigenvalue weighted by Gasteiger charge is -2.17. The van der Waals surface area contributed by atoms with Crippen LogP contribution in [0.25, 0.3) is 0 Å². The Morgan fingerprint density at radius 1 is 1.30 bits per heavy atom. The van der Waals surface area contributed by atoms with Gasteiger partial charge < -0.3 is 4.90 Å². The molecular formula is C16H20N2O3S2. The fraction of sp³-hybridized carbons (Fsp3) is 0.312. The molecule has 0 aliphatic heterocycles. The molecule has 1 aromatic carbocycles. The summed E-state index contributed by atoms with van der Waals surface area (Å²) in [5, 5.41) is 3.94. The normalized spacial score (nSPS) is 11.7. The highest BCUT2D eigenvalue weighted by Gasteiger charge is 2.19. The lowest BCUT2D eigenvalue weighted by Crippen LogP contribution is -2.31. The lowest BCUT2D eigenvalue weighted by atomic mass is 10.2. The zero-order valence-corrected chi connectivity index (χ0v) is 14.9. The Kier molecular flexibility index (Phi) is 5.56. The molecule has 0 unspecified atom stereocenters. The van der Waals surface area contributed by atoms with Crippen molar-refractivity contribution >= 4 is 27.3 Å². The third-order valence-corrected chi connectivity index (χ3v) is 5.52. The van der Waals surface area contributed by atoms with E-state index in [0.717, 1.165) is 5.56 Å². The van der Waals surface area contributed by atoms with Gasteiger partial charge in [-0.05, 0) is 54.4 Å². The number of sulfonamides is 1. The zero-order valence-electron chi connectivity index (χ0n) is 13.3. The third kappa shape index (κ3) is 4.63. The molecule has 1 amide bonds. The number of benzene rings is 1. The van der Waals surface area contributed by atoms with E-state index < -0.39 is 10.0 Å². The predicted molar refractivity (Wildman–Crippen MR) is 92.0 cm³/mol. The highest BCUT2D eigenvalue weighted by atomic mass is 32.2. The van der Waals surface area contributed by atoms with E-state index in [-0.39, 0.29) is 16.8 Å². The van der Waals surface area contributed by atoms with Crippen LogP contribution in [0.4, 0.5) is 0 Å². The van der Waals surface area contributed by atoms with Crippen LogP contribution in [0.15, 0.2) is 46.0 Å². The highest BCUT2D eigenvalue weighted by Crippen LogP contribution is 2.15. The number of hydrogen-bond donors (Lipinski definition) is 1. The van der Waals surface area contributed by atoms with Crippen LogP contribution in [0.3, 0.4) is 0 Å². The number of amides is 1. The second-order valence-electron chi connectivity index (χ2n) is 5.60. The Bertz CT molecular complexity index is 768. The molecule has 1 N–H and O–H groups in total. The van der Waals surface area contributed by atoms with Gasteiger partial charge in [0.25, 0.3) is 5.91 Å². The minimum Gasteiger partial charge on any atom is -0.337 e. The molecule has 1 aromatic heterocycles. The summed E-state index contributed by atoms with van der Waals surface area (Å²) >= 11 is 1.58. The molecule has 0 saturated heterocycles. The number of carbonyl (C=O) groups excluding carboxylic acids is 1. The highest BCUT2D eigenvalue weighted by molar-refractivity contribution is 7.89. The van der Waals surface area contributed by atoms with Crippen molar-refractivity contribution in [1.29, 1.82) is 0 Å². The smallest absolute Gasteiger partial charge is 0.253 e. The fourth-order valence-corrected chi connectivity index (χ4v) is 4.08. The number of carbonyl (C=O) groups is 1. The molecule has 124 valence electrons. The first-order chi connectivity index (χ1) is 10.8. The summed E-state index contributed by atoms with van der Waals surface area (Å²) in [6, 6.07) is 7.86. The lowest BCUT2D eigenvalue weighted by molar-refractivity contribution is 0.0785. The molecule has 0 aliphatic rings. The molecule has 0 bridgehead atoms. The van der Waals surface area contributed by atoms with Crippen molar-refractivity contribution in [3.8, 4) is 0 Å². The minimum atomic E-state index is -3.61. The summed E-state index contributed by atoms with van der Waals surface area (Å²) in [7, 11) is -1.91. The topological polar surface area (TPSA) is 66.5 Å². The van der Waals surface area contributed by atoms with Crippen LogP contribution in [-0.4, -0.2) is 32.3 Å². The molecular weight excluding hydrogens is 332 g/mol. The summed E-state index contributed by atoms with van der Waals surface area (Å²) in [5.74, 6) is -0.210. The number of hydrogen-bond acceptors (Lipinski definition) is 4. The second-order valence-corrected chi connectivity index (χ2v) is 8.09. The van der Waals surface area contributed by atoms with Gasteiger partial charge in [-0.1, -0.05) is 6.07 Å². The van der Waals surface area contributed by atoms with Crippen LogP contribution >= 0.6 is 11.3 Å². The quantitative estimate of drug-likeness (QED) is 0.869. The van der Waals surface area contributed by atoms with Crippen molar-refractivity contribution in [2.45, 2.75) is 31.3 Å². The Morgan fingerprint density at radius 3 is 2.65 bits per heavy atom. The first kappa shape index (κ1) is 17.7. The van der Waals surface area contributed by atoms with Gasteiger partial charge in [0.2, 0.25) is 10.0 Å². The van der Waals surface area contributed by atoms with Gasteiger partial charge in [0, 0.05) is 25.2 Å². The van der Waals surface area contributed by atoms with Crippen molar-refractivity contribution in [3.63, 3.8) is 0 Å². The van der Waals surface area contributed by atoms with E-state index in [0.29, 0.717) is 12.1 Å². The van der Waals surface area contributed by atoms with Crippen molar-refractivity contribution in [2.24, 2.45) is 0 Å². The first-order valence-electron chi connectivity index (χ1n) is 7.18. The van der Waals surface area contributed by atoms with Crippen molar-refractivity contribution in [3.05, 3.63) is 52.2 Å². The maximum atomic E-state index is 12.5. The summed E-state index contributed by atoms with van der Waals surface area (Å²) < 4.78 is 26.9.